The van der Waals surface area contributed by atoms with Gasteiger partial charge in [0.1, 0.15) is 0 Å². The lowest BCUT2D eigenvalue weighted by Gasteiger charge is -2.14. The van der Waals surface area contributed by atoms with Crippen molar-refractivity contribution in [2.24, 2.45) is 0 Å². The fourth-order valence-corrected chi connectivity index (χ4v) is 2.93. The summed E-state index contributed by atoms with van der Waals surface area (Å²) in [5.74, 6) is 0.539. The first-order chi connectivity index (χ1) is 9.63. The molecule has 1 amide bonds. The minimum atomic E-state index is -0.854. The molecule has 2 unspecified atom stereocenters. The highest BCUT2D eigenvalue weighted by Gasteiger charge is 2.32. The molecule has 0 aromatic carbocycles. The van der Waals surface area contributed by atoms with E-state index in [9.17, 15) is 15.0 Å². The Kier molecular flexibility index (Phi) is 3.56. The van der Waals surface area contributed by atoms with Crippen LogP contribution in [0.1, 0.15) is 5.69 Å². The molecule has 6 nitrogen and oxygen atoms in total. The second-order valence-electron chi connectivity index (χ2n) is 4.73. The molecule has 1 saturated heterocycles. The van der Waals surface area contributed by atoms with E-state index in [1.807, 2.05) is 11.4 Å². The molecular formula is C13H14N2O4S. The van der Waals surface area contributed by atoms with Crippen molar-refractivity contribution in [1.29, 1.82) is 0 Å². The molecule has 1 fully saturated rings. The lowest BCUT2D eigenvalue weighted by atomic mass is 10.3. The van der Waals surface area contributed by atoms with Crippen LogP contribution in [0.25, 0.3) is 10.8 Å². The molecule has 2 aromatic heterocycles. The van der Waals surface area contributed by atoms with Crippen molar-refractivity contribution >= 4 is 17.2 Å². The lowest BCUT2D eigenvalue weighted by molar-refractivity contribution is -0.130. The van der Waals surface area contributed by atoms with Gasteiger partial charge in [-0.15, -0.1) is 11.3 Å². The number of likely N-dealkylation sites (tertiary alicyclic amines) is 1. The largest absolute Gasteiger partial charge is 0.462 e. The van der Waals surface area contributed by atoms with Crippen LogP contribution in [-0.2, 0) is 11.2 Å². The van der Waals surface area contributed by atoms with Gasteiger partial charge in [-0.05, 0) is 12.1 Å². The Bertz CT molecular complexity index is 585. The molecule has 3 heterocycles. The number of amides is 1. The molecule has 20 heavy (non-hydrogen) atoms. The lowest BCUT2D eigenvalue weighted by Crippen LogP contribution is -2.31. The van der Waals surface area contributed by atoms with Crippen molar-refractivity contribution in [3.63, 3.8) is 0 Å². The highest BCUT2D eigenvalue weighted by Crippen LogP contribution is 2.24. The van der Waals surface area contributed by atoms with Gasteiger partial charge in [-0.1, -0.05) is 0 Å². The minimum absolute atomic E-state index is 0.142. The maximum absolute atomic E-state index is 12.0. The monoisotopic (exact) mass is 294 g/mol. The summed E-state index contributed by atoms with van der Waals surface area (Å²) in [6, 6.07) is 3.60. The van der Waals surface area contributed by atoms with Gasteiger partial charge in [0.2, 0.25) is 5.91 Å². The van der Waals surface area contributed by atoms with Crippen LogP contribution in [0.5, 0.6) is 0 Å². The van der Waals surface area contributed by atoms with E-state index in [2.05, 4.69) is 4.98 Å². The molecule has 0 saturated carbocycles. The van der Waals surface area contributed by atoms with E-state index in [0.717, 1.165) is 5.01 Å². The predicted octanol–water partition coefficient (Wildman–Crippen LogP) is 0.510. The number of nitrogens with zero attached hydrogens (tertiary/aromatic N) is 2. The van der Waals surface area contributed by atoms with Crippen molar-refractivity contribution in [3.05, 3.63) is 29.5 Å². The highest BCUT2D eigenvalue weighted by molar-refractivity contribution is 7.13. The van der Waals surface area contributed by atoms with E-state index in [4.69, 9.17) is 4.42 Å². The smallest absolute Gasteiger partial charge is 0.228 e. The van der Waals surface area contributed by atoms with Crippen LogP contribution in [0.3, 0.4) is 0 Å². The second-order valence-corrected chi connectivity index (χ2v) is 5.59. The number of thiazole rings is 1. The molecule has 3 rings (SSSR count). The van der Waals surface area contributed by atoms with Crippen molar-refractivity contribution in [2.45, 2.75) is 18.6 Å². The van der Waals surface area contributed by atoms with E-state index in [1.54, 1.807) is 12.3 Å². The molecule has 1 aliphatic rings. The number of carbonyl (C=O) groups is 1. The van der Waals surface area contributed by atoms with Gasteiger partial charge in [0.25, 0.3) is 0 Å². The van der Waals surface area contributed by atoms with Crippen molar-refractivity contribution in [2.75, 3.05) is 13.1 Å². The number of hydrogen-bond acceptors (Lipinski definition) is 6. The first-order valence-corrected chi connectivity index (χ1v) is 7.13. The van der Waals surface area contributed by atoms with Crippen molar-refractivity contribution < 1.29 is 19.4 Å². The van der Waals surface area contributed by atoms with Gasteiger partial charge < -0.3 is 19.5 Å². The molecule has 0 radical (unpaired) electrons. The Morgan fingerprint density at radius 3 is 2.85 bits per heavy atom. The Balaban J connectivity index is 1.65. The van der Waals surface area contributed by atoms with Crippen LogP contribution in [0.2, 0.25) is 0 Å². The first-order valence-electron chi connectivity index (χ1n) is 6.25. The molecule has 106 valence electrons. The summed E-state index contributed by atoms with van der Waals surface area (Å²) in [7, 11) is 0. The van der Waals surface area contributed by atoms with Gasteiger partial charge in [0, 0.05) is 18.5 Å². The summed E-state index contributed by atoms with van der Waals surface area (Å²) < 4.78 is 5.25. The molecule has 0 spiro atoms. The average Bonchev–Trinajstić information content (AvgIpc) is 3.11. The SMILES string of the molecule is O=C(Cc1csc(-c2ccco2)n1)N1CC(O)C(O)C1. The fraction of sp³-hybridized carbons (Fsp3) is 0.385. The maximum atomic E-state index is 12.0. The quantitative estimate of drug-likeness (QED) is 0.861. The number of furan rings is 1. The van der Waals surface area contributed by atoms with E-state index >= 15 is 0 Å². The van der Waals surface area contributed by atoms with Crippen LogP contribution >= 0.6 is 11.3 Å². The fourth-order valence-electron chi connectivity index (χ4n) is 2.14. The molecule has 2 N–H and O–H groups in total. The number of carbonyl (C=O) groups excluding carboxylic acids is 1. The first kappa shape index (κ1) is 13.3. The van der Waals surface area contributed by atoms with Crippen LogP contribution in [0, 0.1) is 0 Å². The van der Waals surface area contributed by atoms with Gasteiger partial charge in [-0.3, -0.25) is 4.79 Å². The standard InChI is InChI=1S/C13H14N2O4S/c16-9-5-15(6-10(9)17)12(18)4-8-7-20-13(14-8)11-2-1-3-19-11/h1-3,7,9-10,16-17H,4-6H2. The third kappa shape index (κ3) is 2.60. The maximum Gasteiger partial charge on any atom is 0.228 e. The van der Waals surface area contributed by atoms with Crippen LogP contribution in [-0.4, -0.2) is 51.3 Å². The summed E-state index contributed by atoms with van der Waals surface area (Å²) in [5.41, 5.74) is 0.669. The Hall–Kier alpha value is -1.70. The normalized spacial score (nSPS) is 22.4. The zero-order valence-electron chi connectivity index (χ0n) is 10.6. The molecule has 1 aliphatic heterocycles. The number of hydrogen-bond donors (Lipinski definition) is 2. The summed E-state index contributed by atoms with van der Waals surface area (Å²) in [6.07, 6.45) is 0.0340. The summed E-state index contributed by atoms with van der Waals surface area (Å²) in [4.78, 5) is 17.9. The number of aliphatic hydroxyl groups excluding tert-OH is 2. The van der Waals surface area contributed by atoms with Gasteiger partial charge >= 0.3 is 0 Å². The zero-order valence-corrected chi connectivity index (χ0v) is 11.4. The minimum Gasteiger partial charge on any atom is -0.462 e. The van der Waals surface area contributed by atoms with Crippen LogP contribution in [0.15, 0.2) is 28.2 Å². The third-order valence-electron chi connectivity index (χ3n) is 3.23. The van der Waals surface area contributed by atoms with E-state index in [0.29, 0.717) is 11.5 Å². The van der Waals surface area contributed by atoms with Gasteiger partial charge in [-0.2, -0.15) is 0 Å². The Labute approximate surface area is 119 Å². The molecule has 7 heteroatoms. The molecular weight excluding hydrogens is 280 g/mol. The summed E-state index contributed by atoms with van der Waals surface area (Å²) in [5, 5.41) is 21.4. The van der Waals surface area contributed by atoms with E-state index in [1.165, 1.54) is 16.2 Å². The molecule has 2 aromatic rings. The van der Waals surface area contributed by atoms with Gasteiger partial charge in [0.15, 0.2) is 10.8 Å². The van der Waals surface area contributed by atoms with Crippen LogP contribution < -0.4 is 0 Å². The number of aromatic nitrogens is 1. The van der Waals surface area contributed by atoms with Gasteiger partial charge in [0.05, 0.1) is 30.6 Å². The van der Waals surface area contributed by atoms with Crippen LogP contribution in [0.4, 0.5) is 0 Å². The summed E-state index contributed by atoms with van der Waals surface area (Å²) in [6.45, 7) is 0.352. The molecule has 2 atom stereocenters. The Morgan fingerprint density at radius 1 is 1.45 bits per heavy atom. The Morgan fingerprint density at radius 2 is 2.20 bits per heavy atom. The highest BCUT2D eigenvalue weighted by atomic mass is 32.1. The van der Waals surface area contributed by atoms with Gasteiger partial charge in [-0.25, -0.2) is 4.98 Å². The second kappa shape index (κ2) is 5.35. The number of rotatable bonds is 3. The van der Waals surface area contributed by atoms with Crippen molar-refractivity contribution in [1.82, 2.24) is 9.88 Å². The number of aliphatic hydroxyl groups is 2. The van der Waals surface area contributed by atoms with Crippen molar-refractivity contribution in [3.8, 4) is 10.8 Å². The summed E-state index contributed by atoms with van der Waals surface area (Å²) >= 11 is 1.42. The number of β-amino-alcohol motifs (C(OH)–C–C–N with tert-alkyl or cyclic N) is 2. The van der Waals surface area contributed by atoms with E-state index in [-0.39, 0.29) is 25.4 Å². The predicted molar refractivity (Wildman–Crippen MR) is 72.1 cm³/mol. The zero-order chi connectivity index (χ0) is 14.1. The molecule has 0 aliphatic carbocycles. The topological polar surface area (TPSA) is 86.8 Å². The van der Waals surface area contributed by atoms with E-state index < -0.39 is 12.2 Å². The third-order valence-corrected chi connectivity index (χ3v) is 4.13. The average molecular weight is 294 g/mol. The molecule has 0 bridgehead atoms.